The van der Waals surface area contributed by atoms with E-state index >= 15 is 4.39 Å². The van der Waals surface area contributed by atoms with Gasteiger partial charge in [-0.25, -0.2) is 8.78 Å². The zero-order valence-electron chi connectivity index (χ0n) is 29.9. The van der Waals surface area contributed by atoms with Crippen LogP contribution in [0.25, 0.3) is 22.3 Å². The van der Waals surface area contributed by atoms with Crippen LogP contribution in [0, 0.1) is 42.5 Å². The van der Waals surface area contributed by atoms with Crippen molar-refractivity contribution >= 4 is 11.5 Å². The van der Waals surface area contributed by atoms with Gasteiger partial charge in [-0.2, -0.15) is 42.5 Å². The summed E-state index contributed by atoms with van der Waals surface area (Å²) in [6.07, 6.45) is 8.71. The fourth-order valence-corrected chi connectivity index (χ4v) is 5.01. The minimum atomic E-state index is -0.351. The number of carbonyl (C=O) groups is 1. The average Bonchev–Trinajstić information content (AvgIpc) is 3.05. The number of benzene rings is 3. The molecule has 0 aliphatic carbocycles. The van der Waals surface area contributed by atoms with E-state index < -0.39 is 0 Å². The van der Waals surface area contributed by atoms with Crippen LogP contribution in [0.2, 0.25) is 0 Å². The second-order valence-corrected chi connectivity index (χ2v) is 11.9. The van der Waals surface area contributed by atoms with Crippen LogP contribution in [-0.4, -0.2) is 24.8 Å². The molecule has 0 bridgehead atoms. The third-order valence-corrected chi connectivity index (χ3v) is 8.37. The van der Waals surface area contributed by atoms with Gasteiger partial charge in [0.25, 0.3) is 0 Å². The Morgan fingerprint density at radius 2 is 1.77 bits per heavy atom. The average molecular weight is 664 g/mol. The Morgan fingerprint density at radius 3 is 2.32 bits per heavy atom. The van der Waals surface area contributed by atoms with Gasteiger partial charge < -0.3 is 15.0 Å². The summed E-state index contributed by atoms with van der Waals surface area (Å²) in [4.78, 5) is 13.3. The van der Waals surface area contributed by atoms with Crippen LogP contribution in [0.15, 0.2) is 91.3 Å². The fourth-order valence-electron chi connectivity index (χ4n) is 5.01. The molecule has 0 fully saturated rings. The molecule has 6 heteroatoms. The van der Waals surface area contributed by atoms with Crippen LogP contribution in [0.1, 0.15) is 65.0 Å². The molecule has 3 nitrogen and oxygen atoms in total. The maximum atomic E-state index is 15.2. The molecule has 2 atom stereocenters. The van der Waals surface area contributed by atoms with Crippen LogP contribution in [0.5, 0.6) is 0 Å². The van der Waals surface area contributed by atoms with Crippen molar-refractivity contribution in [1.29, 1.82) is 0 Å². The molecule has 0 aromatic heterocycles. The summed E-state index contributed by atoms with van der Waals surface area (Å²) in [5, 5.41) is 3.00. The fraction of sp³-hybridized carbons (Fsp3) is 0.341. The minimum Gasteiger partial charge on any atom is -0.408 e. The first kappa shape index (κ1) is 42.4. The van der Waals surface area contributed by atoms with Crippen LogP contribution in [-0.2, 0) is 11.2 Å². The van der Waals surface area contributed by atoms with Gasteiger partial charge in [0, 0.05) is 29.8 Å². The number of allylic oxidation sites excluding steroid dienone is 4. The van der Waals surface area contributed by atoms with Gasteiger partial charge in [0.05, 0.1) is 5.78 Å². The van der Waals surface area contributed by atoms with Gasteiger partial charge >= 0.3 is 51.4 Å². The number of hydrogen-bond acceptors (Lipinski definition) is 3. The monoisotopic (exact) mass is 663 g/mol. The van der Waals surface area contributed by atoms with E-state index in [0.717, 1.165) is 22.7 Å². The van der Waals surface area contributed by atoms with Crippen molar-refractivity contribution in [2.75, 3.05) is 19.4 Å². The Kier molecular flexibility index (Phi) is 18.7. The van der Waals surface area contributed by atoms with Crippen LogP contribution in [0.4, 0.5) is 14.5 Å². The summed E-state index contributed by atoms with van der Waals surface area (Å²) < 4.78 is 29.7. The Morgan fingerprint density at radius 1 is 1.13 bits per heavy atom. The first-order valence-corrected chi connectivity index (χ1v) is 15.9. The molecule has 246 valence electrons. The molecule has 4 rings (SSSR count). The zero-order valence-corrected chi connectivity index (χ0v) is 33.0. The minimum absolute atomic E-state index is 0. The number of ketones is 1. The SMILES string of the molecule is C=C(C)CCC(C)CC.C=[C-]C1=CN(C)C(=C)C(C)C1=O.CCc1c(F)cc(-c2cccc(-c3ccc[c-]c3C)c2F)cc1NC.[K+]. The van der Waals surface area contributed by atoms with Crippen molar-refractivity contribution in [3.05, 3.63) is 126 Å². The largest absolute Gasteiger partial charge is 1.00 e. The third kappa shape index (κ3) is 11.8. The molecule has 3 aromatic rings. The molecule has 1 aliphatic heterocycles. The molecule has 0 radical (unpaired) electrons. The van der Waals surface area contributed by atoms with Gasteiger partial charge in [0.1, 0.15) is 11.6 Å². The number of Topliss-reactive ketones (excluding diaryl/α,β-unsaturated/α-hetero) is 1. The molecular weight excluding hydrogens is 614 g/mol. The van der Waals surface area contributed by atoms with Gasteiger partial charge in [0.15, 0.2) is 0 Å². The van der Waals surface area contributed by atoms with Crippen molar-refractivity contribution in [2.45, 2.75) is 67.2 Å². The van der Waals surface area contributed by atoms with E-state index in [-0.39, 0.29) is 74.7 Å². The van der Waals surface area contributed by atoms with Crippen molar-refractivity contribution in [3.8, 4) is 22.3 Å². The van der Waals surface area contributed by atoms with Gasteiger partial charge in [-0.05, 0) is 68.1 Å². The van der Waals surface area contributed by atoms with Crippen molar-refractivity contribution in [2.24, 2.45) is 11.8 Å². The van der Waals surface area contributed by atoms with E-state index in [0.29, 0.717) is 39.9 Å². The normalized spacial score (nSPS) is 14.4. The molecule has 1 aliphatic rings. The van der Waals surface area contributed by atoms with Gasteiger partial charge in [-0.15, -0.1) is 17.7 Å². The number of nitrogens with zero attached hydrogens (tertiary/aromatic N) is 1. The summed E-state index contributed by atoms with van der Waals surface area (Å²) in [5.74, 6) is 0.105. The maximum absolute atomic E-state index is 15.2. The number of rotatable bonds is 9. The Balaban J connectivity index is 0.000000418. The molecule has 0 spiro atoms. The van der Waals surface area contributed by atoms with Crippen molar-refractivity contribution < 1.29 is 65.0 Å². The predicted octanol–water partition coefficient (Wildman–Crippen LogP) is 7.93. The summed E-state index contributed by atoms with van der Waals surface area (Å²) >= 11 is 0. The van der Waals surface area contributed by atoms with E-state index in [9.17, 15) is 9.18 Å². The number of halogens is 2. The van der Waals surface area contributed by atoms with Crippen molar-refractivity contribution in [3.63, 3.8) is 0 Å². The van der Waals surface area contributed by atoms with E-state index in [1.54, 1.807) is 43.6 Å². The smallest absolute Gasteiger partial charge is 0.408 e. The van der Waals surface area contributed by atoms with E-state index in [1.165, 1.54) is 30.9 Å². The molecule has 3 aromatic carbocycles. The topological polar surface area (TPSA) is 32.3 Å². The molecule has 1 heterocycles. The predicted molar refractivity (Wildman–Crippen MR) is 191 cm³/mol. The molecule has 1 N–H and O–H groups in total. The third-order valence-electron chi connectivity index (χ3n) is 8.37. The molecule has 0 saturated heterocycles. The van der Waals surface area contributed by atoms with Gasteiger partial charge in [-0.1, -0.05) is 77.6 Å². The molecule has 2 unspecified atom stereocenters. The van der Waals surface area contributed by atoms with Crippen LogP contribution < -0.4 is 56.7 Å². The maximum Gasteiger partial charge on any atom is 1.00 e. The molecule has 0 amide bonds. The summed E-state index contributed by atoms with van der Waals surface area (Å²) in [6, 6.07) is 17.0. The molecule has 0 saturated carbocycles. The number of nitrogens with one attached hydrogen (secondary N) is 1. The standard InChI is InChI=1S/C22H20F2N.C10H12NO.C9H18.K/c1-4-16-20(23)12-15(13-21(16)25-3)18-10-7-11-19(22(18)24)17-9-6-5-8-14(17)2;1-5-9-6-11(4)8(3)7(2)10(9)12;1-5-9(4)7-6-8(2)3;/h5-7,9-13,25H,4H2,1-3H3;6-7H,1,3H2,2,4H3;9H,2,5-7H2,1,3-4H3;/q2*-1;;+1. The zero-order chi connectivity index (χ0) is 34.6. The Hall–Kier alpha value is -2.61. The second-order valence-electron chi connectivity index (χ2n) is 11.9. The van der Waals surface area contributed by atoms with Crippen LogP contribution in [0.3, 0.4) is 0 Å². The molecular formula is C41H50F2KN2O-. The first-order valence-electron chi connectivity index (χ1n) is 15.9. The van der Waals surface area contributed by atoms with E-state index in [4.69, 9.17) is 0 Å². The van der Waals surface area contributed by atoms with Crippen LogP contribution >= 0.6 is 0 Å². The van der Waals surface area contributed by atoms with Gasteiger partial charge in [0.2, 0.25) is 0 Å². The quantitative estimate of drug-likeness (QED) is 0.143. The number of hydrogen-bond donors (Lipinski definition) is 1. The number of carbonyl (C=O) groups excluding carboxylic acids is 1. The summed E-state index contributed by atoms with van der Waals surface area (Å²) in [5.41, 5.74) is 7.05. The molecule has 47 heavy (non-hydrogen) atoms. The first-order chi connectivity index (χ1) is 21.8. The van der Waals surface area contributed by atoms with E-state index in [1.807, 2.05) is 44.9 Å². The Labute approximate surface area is 325 Å². The summed E-state index contributed by atoms with van der Waals surface area (Å²) in [6.45, 7) is 23.4. The van der Waals surface area contributed by atoms with Gasteiger partial charge in [-0.3, -0.25) is 0 Å². The Bertz CT molecular complexity index is 1580. The number of aryl methyl sites for hydroxylation is 1. The second kappa shape index (κ2) is 20.7. The number of anilines is 1. The van der Waals surface area contributed by atoms with Crippen molar-refractivity contribution in [1.82, 2.24) is 4.90 Å². The van der Waals surface area contributed by atoms with E-state index in [2.05, 4.69) is 58.0 Å². The summed E-state index contributed by atoms with van der Waals surface area (Å²) in [7, 11) is 3.61.